The number of nitro benzene ring substituents is 1. The number of rotatable bonds is 8. The van der Waals surface area contributed by atoms with Crippen LogP contribution >= 0.6 is 0 Å². The van der Waals surface area contributed by atoms with Gasteiger partial charge in [0.1, 0.15) is 0 Å². The Hall–Kier alpha value is -3.22. The van der Waals surface area contributed by atoms with Crippen molar-refractivity contribution in [2.24, 2.45) is 0 Å². The van der Waals surface area contributed by atoms with E-state index in [9.17, 15) is 14.9 Å². The number of aromatic nitrogens is 1. The van der Waals surface area contributed by atoms with E-state index in [0.717, 1.165) is 12.1 Å². The molecule has 1 aromatic carbocycles. The number of allylic oxidation sites excluding steroid dienone is 1. The Labute approximate surface area is 157 Å². The van der Waals surface area contributed by atoms with E-state index in [0.29, 0.717) is 22.6 Å². The molecule has 0 unspecified atom stereocenters. The van der Waals surface area contributed by atoms with Crippen molar-refractivity contribution in [1.29, 1.82) is 0 Å². The molecular formula is C20H22N2O5. The first-order valence-electron chi connectivity index (χ1n) is 8.41. The number of methoxy groups -OCH3 is 2. The highest BCUT2D eigenvalue weighted by atomic mass is 16.6. The van der Waals surface area contributed by atoms with Crippen LogP contribution in [0.1, 0.15) is 30.5 Å². The molecule has 1 heterocycles. The SMILES string of the molecule is C=CC[C@H](C)c1cc(-c2ccc(CC(=O)OC)cc2[N+](=O)[O-])cc(OC)n1. The third kappa shape index (κ3) is 4.91. The van der Waals surface area contributed by atoms with E-state index < -0.39 is 10.9 Å². The van der Waals surface area contributed by atoms with Crippen LogP contribution in [0.15, 0.2) is 43.0 Å². The molecule has 142 valence electrons. The van der Waals surface area contributed by atoms with Gasteiger partial charge in [-0.25, -0.2) is 4.98 Å². The number of hydrogen-bond donors (Lipinski definition) is 0. The van der Waals surface area contributed by atoms with Crippen molar-refractivity contribution in [3.8, 4) is 17.0 Å². The summed E-state index contributed by atoms with van der Waals surface area (Å²) in [6, 6.07) is 8.18. The Morgan fingerprint density at radius 2 is 2.07 bits per heavy atom. The van der Waals surface area contributed by atoms with Crippen LogP contribution in [-0.4, -0.2) is 30.1 Å². The summed E-state index contributed by atoms with van der Waals surface area (Å²) in [6.07, 6.45) is 2.49. The Bertz CT molecular complexity index is 863. The Kier molecular flexibility index (Phi) is 6.65. The molecule has 0 fully saturated rings. The molecule has 0 aliphatic rings. The predicted octanol–water partition coefficient (Wildman–Crippen LogP) is 4.06. The lowest BCUT2D eigenvalue weighted by atomic mass is 9.97. The van der Waals surface area contributed by atoms with Crippen molar-refractivity contribution < 1.29 is 19.2 Å². The van der Waals surface area contributed by atoms with Crippen LogP contribution in [0.2, 0.25) is 0 Å². The molecule has 0 radical (unpaired) electrons. The van der Waals surface area contributed by atoms with Crippen LogP contribution in [-0.2, 0) is 16.0 Å². The highest BCUT2D eigenvalue weighted by Crippen LogP contribution is 2.34. The fraction of sp³-hybridized carbons (Fsp3) is 0.300. The number of ether oxygens (including phenoxy) is 2. The molecule has 1 aromatic heterocycles. The number of hydrogen-bond acceptors (Lipinski definition) is 6. The van der Waals surface area contributed by atoms with Gasteiger partial charge in [-0.05, 0) is 29.7 Å². The van der Waals surface area contributed by atoms with Gasteiger partial charge in [-0.2, -0.15) is 0 Å². The van der Waals surface area contributed by atoms with E-state index in [1.54, 1.807) is 24.3 Å². The monoisotopic (exact) mass is 370 g/mol. The minimum Gasteiger partial charge on any atom is -0.481 e. The van der Waals surface area contributed by atoms with Crippen LogP contribution in [0.3, 0.4) is 0 Å². The minimum atomic E-state index is -0.462. The lowest BCUT2D eigenvalue weighted by Gasteiger charge is -2.13. The second-order valence-corrected chi connectivity index (χ2v) is 6.11. The van der Waals surface area contributed by atoms with Crippen molar-refractivity contribution in [1.82, 2.24) is 4.98 Å². The molecule has 27 heavy (non-hydrogen) atoms. The maximum Gasteiger partial charge on any atom is 0.309 e. The quantitative estimate of drug-likeness (QED) is 0.301. The first-order chi connectivity index (χ1) is 12.9. The number of carbonyl (C=O) groups excluding carboxylic acids is 1. The zero-order valence-electron chi connectivity index (χ0n) is 15.6. The van der Waals surface area contributed by atoms with E-state index in [1.165, 1.54) is 20.3 Å². The van der Waals surface area contributed by atoms with E-state index in [-0.39, 0.29) is 18.0 Å². The summed E-state index contributed by atoms with van der Waals surface area (Å²) in [5.41, 5.74) is 2.24. The summed E-state index contributed by atoms with van der Waals surface area (Å²) in [6.45, 7) is 5.74. The average Bonchev–Trinajstić information content (AvgIpc) is 2.67. The lowest BCUT2D eigenvalue weighted by molar-refractivity contribution is -0.384. The summed E-state index contributed by atoms with van der Waals surface area (Å²) >= 11 is 0. The second kappa shape index (κ2) is 8.93. The summed E-state index contributed by atoms with van der Waals surface area (Å²) < 4.78 is 9.89. The van der Waals surface area contributed by atoms with Crippen LogP contribution < -0.4 is 4.74 Å². The van der Waals surface area contributed by atoms with Gasteiger partial charge in [0.25, 0.3) is 5.69 Å². The van der Waals surface area contributed by atoms with Gasteiger partial charge >= 0.3 is 5.97 Å². The fourth-order valence-corrected chi connectivity index (χ4v) is 2.73. The summed E-state index contributed by atoms with van der Waals surface area (Å²) in [5, 5.41) is 11.6. The minimum absolute atomic E-state index is 0.0289. The fourth-order valence-electron chi connectivity index (χ4n) is 2.73. The molecule has 2 rings (SSSR count). The summed E-state index contributed by atoms with van der Waals surface area (Å²) in [4.78, 5) is 27.0. The molecule has 2 aromatic rings. The third-order valence-corrected chi connectivity index (χ3v) is 4.20. The predicted molar refractivity (Wildman–Crippen MR) is 102 cm³/mol. The van der Waals surface area contributed by atoms with Crippen molar-refractivity contribution in [2.45, 2.75) is 25.7 Å². The largest absolute Gasteiger partial charge is 0.481 e. The number of benzene rings is 1. The number of pyridine rings is 1. The molecule has 0 aliphatic carbocycles. The number of nitrogens with zero attached hydrogens (tertiary/aromatic N) is 2. The van der Waals surface area contributed by atoms with Gasteiger partial charge < -0.3 is 9.47 Å². The molecular weight excluding hydrogens is 348 g/mol. The maximum atomic E-state index is 11.6. The molecule has 1 atom stereocenters. The summed E-state index contributed by atoms with van der Waals surface area (Å²) in [7, 11) is 2.78. The van der Waals surface area contributed by atoms with E-state index in [2.05, 4.69) is 16.3 Å². The molecule has 0 amide bonds. The van der Waals surface area contributed by atoms with Crippen LogP contribution in [0.5, 0.6) is 5.88 Å². The molecule has 0 aliphatic heterocycles. The first-order valence-corrected chi connectivity index (χ1v) is 8.41. The maximum absolute atomic E-state index is 11.6. The first kappa shape index (κ1) is 20.1. The Morgan fingerprint density at radius 1 is 1.33 bits per heavy atom. The standard InChI is InChI=1S/C20H22N2O5/c1-5-6-13(2)17-11-15(12-19(21-17)26-3)16-8-7-14(10-20(23)27-4)9-18(16)22(24)25/h5,7-9,11-13H,1,6,10H2,2-4H3/t13-/m0/s1. The van der Waals surface area contributed by atoms with Gasteiger partial charge in [0, 0.05) is 23.7 Å². The zero-order valence-corrected chi connectivity index (χ0v) is 15.6. The highest BCUT2D eigenvalue weighted by Gasteiger charge is 2.20. The molecule has 0 bridgehead atoms. The zero-order chi connectivity index (χ0) is 20.0. The number of nitro groups is 1. The highest BCUT2D eigenvalue weighted by molar-refractivity contribution is 5.77. The normalized spacial score (nSPS) is 11.5. The van der Waals surface area contributed by atoms with E-state index in [4.69, 9.17) is 4.74 Å². The second-order valence-electron chi connectivity index (χ2n) is 6.11. The van der Waals surface area contributed by atoms with E-state index >= 15 is 0 Å². The number of esters is 1. The summed E-state index contributed by atoms with van der Waals surface area (Å²) in [5.74, 6) is 0.0171. The van der Waals surface area contributed by atoms with Crippen LogP contribution in [0.25, 0.3) is 11.1 Å². The van der Waals surface area contributed by atoms with Gasteiger partial charge in [0.2, 0.25) is 5.88 Å². The Balaban J connectivity index is 2.55. The molecule has 0 saturated heterocycles. The smallest absolute Gasteiger partial charge is 0.309 e. The molecule has 0 saturated carbocycles. The molecule has 0 spiro atoms. The van der Waals surface area contributed by atoms with Crippen molar-refractivity contribution in [2.75, 3.05) is 14.2 Å². The van der Waals surface area contributed by atoms with Gasteiger partial charge in [-0.3, -0.25) is 14.9 Å². The van der Waals surface area contributed by atoms with Crippen molar-refractivity contribution >= 4 is 11.7 Å². The van der Waals surface area contributed by atoms with Crippen molar-refractivity contribution in [3.63, 3.8) is 0 Å². The van der Waals surface area contributed by atoms with Crippen molar-refractivity contribution in [3.05, 3.63) is 64.4 Å². The third-order valence-electron chi connectivity index (χ3n) is 4.20. The topological polar surface area (TPSA) is 91.6 Å². The van der Waals surface area contributed by atoms with Crippen LogP contribution in [0, 0.1) is 10.1 Å². The Morgan fingerprint density at radius 3 is 2.67 bits per heavy atom. The molecule has 7 nitrogen and oxygen atoms in total. The average molecular weight is 370 g/mol. The van der Waals surface area contributed by atoms with Gasteiger partial charge in [-0.1, -0.05) is 19.1 Å². The van der Waals surface area contributed by atoms with Gasteiger partial charge in [-0.15, -0.1) is 6.58 Å². The molecule has 7 heteroatoms. The van der Waals surface area contributed by atoms with E-state index in [1.807, 2.05) is 13.0 Å². The number of carbonyl (C=O) groups is 1. The molecule has 0 N–H and O–H groups in total. The van der Waals surface area contributed by atoms with Gasteiger partial charge in [0.05, 0.1) is 31.1 Å². The van der Waals surface area contributed by atoms with Crippen LogP contribution in [0.4, 0.5) is 5.69 Å². The lowest BCUT2D eigenvalue weighted by Crippen LogP contribution is -2.05. The van der Waals surface area contributed by atoms with Gasteiger partial charge in [0.15, 0.2) is 0 Å².